The summed E-state index contributed by atoms with van der Waals surface area (Å²) in [6, 6.07) is 9.34. The number of anilines is 1. The van der Waals surface area contributed by atoms with Crippen molar-refractivity contribution in [2.75, 3.05) is 24.5 Å². The Morgan fingerprint density at radius 2 is 1.73 bits per heavy atom. The number of carbonyl (C=O) groups is 1. The molecular weight excluding hydrogens is 642 g/mol. The number of hydrogen-bond donors (Lipinski definition) is 0. The highest BCUT2D eigenvalue weighted by molar-refractivity contribution is 6.74. The number of alkyl halides is 3. The second-order valence-corrected chi connectivity index (χ2v) is 17.6. The van der Waals surface area contributed by atoms with Gasteiger partial charge in [-0.2, -0.15) is 13.2 Å². The van der Waals surface area contributed by atoms with Crippen LogP contribution >= 0.6 is 23.2 Å². The Bertz CT molecular complexity index is 1520. The highest BCUT2D eigenvalue weighted by atomic mass is 35.5. The molecule has 1 amide bonds. The molecule has 0 radical (unpaired) electrons. The van der Waals surface area contributed by atoms with Crippen LogP contribution in [0, 0.1) is 5.92 Å². The number of oxazole rings is 1. The van der Waals surface area contributed by atoms with Gasteiger partial charge in [0.15, 0.2) is 13.9 Å². The van der Waals surface area contributed by atoms with Crippen LogP contribution in [-0.2, 0) is 21.0 Å². The molecule has 1 saturated carbocycles. The largest absolute Gasteiger partial charge is 0.445 e. The van der Waals surface area contributed by atoms with Gasteiger partial charge in [0, 0.05) is 39.3 Å². The summed E-state index contributed by atoms with van der Waals surface area (Å²) in [5, 5.41) is 0.378. The van der Waals surface area contributed by atoms with E-state index in [1.165, 1.54) is 29.5 Å². The lowest BCUT2D eigenvalue weighted by atomic mass is 9.78. The van der Waals surface area contributed by atoms with Gasteiger partial charge in [-0.05, 0) is 74.2 Å². The van der Waals surface area contributed by atoms with Gasteiger partial charge in [-0.25, -0.2) is 4.98 Å². The molecule has 0 bridgehead atoms. The van der Waals surface area contributed by atoms with Crippen LogP contribution in [0.1, 0.15) is 64.2 Å². The SMILES string of the molecule is CCN(CC)[C@H]1C[C@H](CN2C(=O)C(O[Si](CC)(CC)CC)(c3ccc(Cl)cc3Cl)c3c2cc(-c2ncco2)cc3C(F)(F)F)C1. The van der Waals surface area contributed by atoms with E-state index < -0.39 is 31.6 Å². The summed E-state index contributed by atoms with van der Waals surface area (Å²) in [4.78, 5) is 23.2. The van der Waals surface area contributed by atoms with Crippen molar-refractivity contribution in [1.82, 2.24) is 9.88 Å². The number of aromatic nitrogens is 1. The Kier molecular flexibility index (Phi) is 9.83. The second-order valence-electron chi connectivity index (χ2n) is 12.0. The molecule has 2 aliphatic rings. The standard InChI is InChI=1S/C33H40Cl2F3N3O3Si/c1-6-40(7-2)24-15-21(16-24)20-41-28-18-22(30-39-13-14-43-30)17-26(33(36,37)38)29(28)32(31(41)42,44-45(8-3,9-4)10-5)25-12-11-23(34)19-27(25)35/h11-14,17-19,21,24H,6-10,15-16,20H2,1-5H3/t21-,24-,32?. The normalized spacial score (nSPS) is 21.8. The lowest BCUT2D eigenvalue weighted by molar-refractivity contribution is -0.141. The first-order valence-corrected chi connectivity index (χ1v) is 19.0. The zero-order valence-corrected chi connectivity index (χ0v) is 28.8. The third-order valence-corrected chi connectivity index (χ3v) is 15.0. The van der Waals surface area contributed by atoms with Gasteiger partial charge in [0.2, 0.25) is 5.89 Å². The Morgan fingerprint density at radius 3 is 2.27 bits per heavy atom. The number of hydrogen-bond acceptors (Lipinski definition) is 5. The molecule has 0 N–H and O–H groups in total. The zero-order valence-electron chi connectivity index (χ0n) is 26.3. The van der Waals surface area contributed by atoms with Gasteiger partial charge in [-0.15, -0.1) is 0 Å². The number of amides is 1. The van der Waals surface area contributed by atoms with Crippen molar-refractivity contribution in [1.29, 1.82) is 0 Å². The van der Waals surface area contributed by atoms with Crippen molar-refractivity contribution in [2.24, 2.45) is 5.92 Å². The molecule has 5 rings (SSSR count). The van der Waals surface area contributed by atoms with Crippen LogP contribution < -0.4 is 4.90 Å². The van der Waals surface area contributed by atoms with Crippen LogP contribution in [0.5, 0.6) is 0 Å². The van der Waals surface area contributed by atoms with E-state index in [1.54, 1.807) is 12.1 Å². The number of carbonyl (C=O) groups excluding carboxylic acids is 1. The quantitative estimate of drug-likeness (QED) is 0.178. The van der Waals surface area contributed by atoms with Gasteiger partial charge in [0.05, 0.1) is 17.4 Å². The van der Waals surface area contributed by atoms with Crippen LogP contribution in [0.25, 0.3) is 11.5 Å². The predicted molar refractivity (Wildman–Crippen MR) is 174 cm³/mol. The molecule has 45 heavy (non-hydrogen) atoms. The number of nitrogens with zero attached hydrogens (tertiary/aromatic N) is 3. The fourth-order valence-corrected chi connectivity index (χ4v) is 10.5. The number of benzene rings is 2. The van der Waals surface area contributed by atoms with Gasteiger partial charge in [0.1, 0.15) is 6.26 Å². The minimum Gasteiger partial charge on any atom is -0.445 e. The van der Waals surface area contributed by atoms with E-state index in [1.807, 2.05) is 20.8 Å². The number of halogens is 5. The van der Waals surface area contributed by atoms with E-state index >= 15 is 18.0 Å². The van der Waals surface area contributed by atoms with Crippen LogP contribution in [0.15, 0.2) is 47.2 Å². The van der Waals surface area contributed by atoms with Crippen molar-refractivity contribution in [2.45, 2.75) is 83.4 Å². The molecule has 1 aromatic heterocycles. The fraction of sp³-hybridized carbons (Fsp3) is 0.515. The first kappa shape index (κ1) is 34.0. The summed E-state index contributed by atoms with van der Waals surface area (Å²) < 4.78 is 58.4. The van der Waals surface area contributed by atoms with Gasteiger partial charge < -0.3 is 18.6 Å². The Labute approximate surface area is 274 Å². The minimum absolute atomic E-state index is 0.0308. The molecule has 1 fully saturated rings. The maximum Gasteiger partial charge on any atom is 0.416 e. The zero-order chi connectivity index (χ0) is 32.7. The van der Waals surface area contributed by atoms with E-state index in [-0.39, 0.29) is 45.8 Å². The predicted octanol–water partition coefficient (Wildman–Crippen LogP) is 9.40. The maximum absolute atomic E-state index is 15.3. The summed E-state index contributed by atoms with van der Waals surface area (Å²) in [7, 11) is -2.78. The highest BCUT2D eigenvalue weighted by Crippen LogP contribution is 2.57. The van der Waals surface area contributed by atoms with Gasteiger partial charge in [-0.3, -0.25) is 4.79 Å². The maximum atomic E-state index is 15.3. The Hall–Kier alpha value is -2.37. The Morgan fingerprint density at radius 1 is 1.07 bits per heavy atom. The molecule has 3 aromatic rings. The van der Waals surface area contributed by atoms with Crippen LogP contribution in [0.2, 0.25) is 28.2 Å². The van der Waals surface area contributed by atoms with Crippen molar-refractivity contribution in [3.8, 4) is 11.5 Å². The smallest absolute Gasteiger partial charge is 0.416 e. The van der Waals surface area contributed by atoms with Gasteiger partial charge in [-0.1, -0.05) is 63.9 Å². The molecule has 1 unspecified atom stereocenters. The molecule has 6 nitrogen and oxygen atoms in total. The van der Waals surface area contributed by atoms with E-state index in [2.05, 4.69) is 23.7 Å². The molecule has 0 spiro atoms. The minimum atomic E-state index is -4.84. The molecule has 0 saturated heterocycles. The highest BCUT2D eigenvalue weighted by Gasteiger charge is 2.61. The molecule has 1 atom stereocenters. The number of fused-ring (bicyclic) bond motifs is 1. The lowest BCUT2D eigenvalue weighted by Gasteiger charge is -2.44. The van der Waals surface area contributed by atoms with Crippen molar-refractivity contribution < 1.29 is 26.8 Å². The average molecular weight is 683 g/mol. The van der Waals surface area contributed by atoms with Crippen LogP contribution in [0.4, 0.5) is 18.9 Å². The molecular formula is C33H40Cl2F3N3O3Si. The summed E-state index contributed by atoms with van der Waals surface area (Å²) in [6.45, 7) is 12.3. The molecule has 2 aromatic carbocycles. The topological polar surface area (TPSA) is 58.8 Å². The molecule has 244 valence electrons. The third-order valence-electron chi connectivity index (χ3n) is 9.88. The second kappa shape index (κ2) is 13.0. The van der Waals surface area contributed by atoms with Crippen molar-refractivity contribution in [3.63, 3.8) is 0 Å². The van der Waals surface area contributed by atoms with Gasteiger partial charge in [0.25, 0.3) is 5.91 Å². The van der Waals surface area contributed by atoms with Crippen molar-refractivity contribution >= 4 is 43.1 Å². The first-order chi connectivity index (χ1) is 21.4. The molecule has 12 heteroatoms. The number of rotatable bonds is 12. The van der Waals surface area contributed by atoms with Gasteiger partial charge >= 0.3 is 6.18 Å². The summed E-state index contributed by atoms with van der Waals surface area (Å²) in [5.74, 6) is -0.423. The van der Waals surface area contributed by atoms with Crippen molar-refractivity contribution in [3.05, 3.63) is 69.5 Å². The molecule has 1 aliphatic heterocycles. The lowest BCUT2D eigenvalue weighted by Crippen LogP contribution is -2.54. The first-order valence-electron chi connectivity index (χ1n) is 15.7. The average Bonchev–Trinajstić information content (AvgIpc) is 3.61. The van der Waals surface area contributed by atoms with Crippen LogP contribution in [-0.4, -0.2) is 49.8 Å². The van der Waals surface area contributed by atoms with E-state index in [0.717, 1.165) is 32.0 Å². The van der Waals surface area contributed by atoms with E-state index in [9.17, 15) is 0 Å². The van der Waals surface area contributed by atoms with Crippen LogP contribution in [0.3, 0.4) is 0 Å². The fourth-order valence-electron chi connectivity index (χ4n) is 7.12. The summed E-state index contributed by atoms with van der Waals surface area (Å²) in [5.41, 5.74) is -2.89. The van der Waals surface area contributed by atoms with E-state index in [0.29, 0.717) is 29.2 Å². The van der Waals surface area contributed by atoms with E-state index in [4.69, 9.17) is 32.0 Å². The third kappa shape index (κ3) is 5.97. The summed E-state index contributed by atoms with van der Waals surface area (Å²) >= 11 is 13.1. The monoisotopic (exact) mass is 681 g/mol. The summed E-state index contributed by atoms with van der Waals surface area (Å²) in [6.07, 6.45) is -0.454. The molecule has 2 heterocycles. The molecule has 1 aliphatic carbocycles. The Balaban J connectivity index is 1.79.